The van der Waals surface area contributed by atoms with Gasteiger partial charge < -0.3 is 14.8 Å². The first-order valence-corrected chi connectivity index (χ1v) is 11.6. The molecule has 0 aliphatic rings. The topological polar surface area (TPSA) is 128 Å². The van der Waals surface area contributed by atoms with Crippen LogP contribution in [0.15, 0.2) is 47.4 Å². The Labute approximate surface area is 187 Å². The zero-order valence-corrected chi connectivity index (χ0v) is 19.1. The fraction of sp³-hybridized carbons (Fsp3) is 0.381. The number of carbonyl (C=O) groups excluding carboxylic acids is 1. The standard InChI is InChI=1S/C21H27N3O7S/c1-4-13-30-19-10-8-7-9-17(19)22-21(25)15-31-20-12-11-16(14-18(20)24(26)27)32(28,29)23(5-2)6-3/h7-12,14H,4-6,13,15H2,1-3H3,(H,22,25). The molecule has 174 valence electrons. The monoisotopic (exact) mass is 465 g/mol. The first-order chi connectivity index (χ1) is 15.2. The summed E-state index contributed by atoms with van der Waals surface area (Å²) in [6.45, 7) is 5.75. The van der Waals surface area contributed by atoms with Gasteiger partial charge in [0.25, 0.3) is 5.91 Å². The second-order valence-electron chi connectivity index (χ2n) is 6.66. The maximum atomic E-state index is 12.6. The first-order valence-electron chi connectivity index (χ1n) is 10.2. The Bertz CT molecular complexity index is 1050. The van der Waals surface area contributed by atoms with Gasteiger partial charge in [-0.1, -0.05) is 32.9 Å². The maximum Gasteiger partial charge on any atom is 0.312 e. The number of para-hydroxylation sites is 2. The van der Waals surface area contributed by atoms with E-state index in [2.05, 4.69) is 5.32 Å². The van der Waals surface area contributed by atoms with Gasteiger partial charge in [0.05, 0.1) is 22.1 Å². The van der Waals surface area contributed by atoms with Crippen molar-refractivity contribution in [2.45, 2.75) is 32.1 Å². The highest BCUT2D eigenvalue weighted by molar-refractivity contribution is 7.89. The molecule has 1 N–H and O–H groups in total. The number of benzene rings is 2. The third-order valence-corrected chi connectivity index (χ3v) is 6.50. The SMILES string of the molecule is CCCOc1ccccc1NC(=O)COc1ccc(S(=O)(=O)N(CC)CC)cc1[N+](=O)[O-]. The highest BCUT2D eigenvalue weighted by Crippen LogP contribution is 2.31. The Kier molecular flexibility index (Phi) is 8.97. The van der Waals surface area contributed by atoms with Crippen LogP contribution in [0.25, 0.3) is 0 Å². The van der Waals surface area contributed by atoms with Gasteiger partial charge in [0, 0.05) is 19.2 Å². The van der Waals surface area contributed by atoms with E-state index < -0.39 is 33.1 Å². The predicted molar refractivity (Wildman–Crippen MR) is 120 cm³/mol. The molecule has 0 atom stereocenters. The molecule has 32 heavy (non-hydrogen) atoms. The van der Waals surface area contributed by atoms with Crippen LogP contribution in [-0.4, -0.2) is 49.9 Å². The predicted octanol–water partition coefficient (Wildman–Crippen LogP) is 3.43. The Balaban J connectivity index is 2.16. The fourth-order valence-corrected chi connectivity index (χ4v) is 4.35. The molecule has 0 radical (unpaired) electrons. The van der Waals surface area contributed by atoms with Gasteiger partial charge in [-0.2, -0.15) is 4.31 Å². The van der Waals surface area contributed by atoms with Gasteiger partial charge in [-0.15, -0.1) is 0 Å². The van der Waals surface area contributed by atoms with Crippen LogP contribution in [0.1, 0.15) is 27.2 Å². The van der Waals surface area contributed by atoms with Gasteiger partial charge in [-0.25, -0.2) is 8.42 Å². The minimum Gasteiger partial charge on any atom is -0.491 e. The smallest absolute Gasteiger partial charge is 0.312 e. The van der Waals surface area contributed by atoms with E-state index >= 15 is 0 Å². The van der Waals surface area contributed by atoms with Crippen molar-refractivity contribution in [2.24, 2.45) is 0 Å². The maximum absolute atomic E-state index is 12.6. The lowest BCUT2D eigenvalue weighted by atomic mass is 10.3. The summed E-state index contributed by atoms with van der Waals surface area (Å²) in [7, 11) is -3.88. The largest absolute Gasteiger partial charge is 0.491 e. The van der Waals surface area contributed by atoms with Crippen LogP contribution in [0.4, 0.5) is 11.4 Å². The number of sulfonamides is 1. The summed E-state index contributed by atoms with van der Waals surface area (Å²) in [5.74, 6) is -0.259. The van der Waals surface area contributed by atoms with Crippen LogP contribution < -0.4 is 14.8 Å². The van der Waals surface area contributed by atoms with Crippen LogP contribution in [0, 0.1) is 10.1 Å². The second-order valence-corrected chi connectivity index (χ2v) is 8.60. The molecule has 0 bridgehead atoms. The summed E-state index contributed by atoms with van der Waals surface area (Å²) >= 11 is 0. The summed E-state index contributed by atoms with van der Waals surface area (Å²) in [5.41, 5.74) is -0.0950. The molecule has 0 unspecified atom stereocenters. The zero-order valence-electron chi connectivity index (χ0n) is 18.2. The molecule has 0 fully saturated rings. The fourth-order valence-electron chi connectivity index (χ4n) is 2.87. The molecule has 0 aliphatic carbocycles. The van der Waals surface area contributed by atoms with E-state index in [1.54, 1.807) is 38.1 Å². The lowest BCUT2D eigenvalue weighted by Gasteiger charge is -2.18. The third kappa shape index (κ3) is 6.17. The summed E-state index contributed by atoms with van der Waals surface area (Å²) in [4.78, 5) is 22.8. The van der Waals surface area contributed by atoms with Crippen molar-refractivity contribution in [1.82, 2.24) is 4.31 Å². The van der Waals surface area contributed by atoms with E-state index in [-0.39, 0.29) is 23.7 Å². The number of rotatable bonds is 12. The van der Waals surface area contributed by atoms with Gasteiger partial charge in [0.15, 0.2) is 12.4 Å². The molecular formula is C21H27N3O7S. The Morgan fingerprint density at radius 1 is 1.06 bits per heavy atom. The van der Waals surface area contributed by atoms with Gasteiger partial charge in [-0.05, 0) is 30.7 Å². The number of nitrogens with zero attached hydrogens (tertiary/aromatic N) is 2. The minimum absolute atomic E-state index is 0.209. The summed E-state index contributed by atoms with van der Waals surface area (Å²) < 4.78 is 37.4. The molecule has 2 rings (SSSR count). The number of ether oxygens (including phenoxy) is 2. The van der Waals surface area contributed by atoms with Crippen molar-refractivity contribution in [2.75, 3.05) is 31.6 Å². The van der Waals surface area contributed by atoms with E-state index in [0.29, 0.717) is 18.0 Å². The molecule has 0 aromatic heterocycles. The molecule has 1 amide bonds. The highest BCUT2D eigenvalue weighted by atomic mass is 32.2. The van der Waals surface area contributed by atoms with E-state index in [0.717, 1.165) is 12.5 Å². The van der Waals surface area contributed by atoms with Crippen LogP contribution in [0.5, 0.6) is 11.5 Å². The lowest BCUT2D eigenvalue weighted by molar-refractivity contribution is -0.386. The molecule has 2 aromatic rings. The molecule has 0 spiro atoms. The molecule has 2 aromatic carbocycles. The van der Waals surface area contributed by atoms with E-state index in [1.807, 2.05) is 6.92 Å². The van der Waals surface area contributed by atoms with Crippen LogP contribution in [0.3, 0.4) is 0 Å². The van der Waals surface area contributed by atoms with E-state index in [1.165, 1.54) is 16.4 Å². The number of nitrogens with one attached hydrogen (secondary N) is 1. The summed E-state index contributed by atoms with van der Waals surface area (Å²) in [6.07, 6.45) is 0.801. The number of hydrogen-bond donors (Lipinski definition) is 1. The third-order valence-electron chi connectivity index (χ3n) is 4.45. The quantitative estimate of drug-likeness (QED) is 0.376. The van der Waals surface area contributed by atoms with Gasteiger partial charge in [-0.3, -0.25) is 14.9 Å². The lowest BCUT2D eigenvalue weighted by Crippen LogP contribution is -2.30. The number of nitro benzene ring substituents is 1. The molecule has 0 heterocycles. The Hall–Kier alpha value is -3.18. The van der Waals surface area contributed by atoms with Crippen molar-refractivity contribution < 1.29 is 27.6 Å². The average molecular weight is 466 g/mol. The normalized spacial score (nSPS) is 11.2. The van der Waals surface area contributed by atoms with Gasteiger partial charge >= 0.3 is 5.69 Å². The first kappa shape index (κ1) is 25.1. The van der Waals surface area contributed by atoms with E-state index in [9.17, 15) is 23.3 Å². The van der Waals surface area contributed by atoms with Crippen molar-refractivity contribution in [1.29, 1.82) is 0 Å². The zero-order chi connectivity index (χ0) is 23.7. The van der Waals surface area contributed by atoms with Crippen LogP contribution in [-0.2, 0) is 14.8 Å². The number of hydrogen-bond acceptors (Lipinski definition) is 7. The molecule has 11 heteroatoms. The van der Waals surface area contributed by atoms with Crippen molar-refractivity contribution in [3.05, 3.63) is 52.6 Å². The Morgan fingerprint density at radius 3 is 2.38 bits per heavy atom. The molecular weight excluding hydrogens is 438 g/mol. The van der Waals surface area contributed by atoms with Crippen LogP contribution >= 0.6 is 0 Å². The number of nitro groups is 1. The summed E-state index contributed by atoms with van der Waals surface area (Å²) in [6, 6.07) is 10.2. The summed E-state index contributed by atoms with van der Waals surface area (Å²) in [5, 5.41) is 14.1. The number of carbonyl (C=O) groups is 1. The molecule has 10 nitrogen and oxygen atoms in total. The highest BCUT2D eigenvalue weighted by Gasteiger charge is 2.26. The molecule has 0 aliphatic heterocycles. The van der Waals surface area contributed by atoms with Crippen LogP contribution in [0.2, 0.25) is 0 Å². The average Bonchev–Trinajstić information content (AvgIpc) is 2.77. The van der Waals surface area contributed by atoms with Gasteiger partial charge in [0.2, 0.25) is 10.0 Å². The number of anilines is 1. The number of amides is 1. The van der Waals surface area contributed by atoms with Crippen molar-refractivity contribution in [3.8, 4) is 11.5 Å². The molecule has 0 saturated carbocycles. The van der Waals surface area contributed by atoms with E-state index in [4.69, 9.17) is 9.47 Å². The Morgan fingerprint density at radius 2 is 1.75 bits per heavy atom. The van der Waals surface area contributed by atoms with Crippen molar-refractivity contribution in [3.63, 3.8) is 0 Å². The molecule has 0 saturated heterocycles. The second kappa shape index (κ2) is 11.4. The van der Waals surface area contributed by atoms with Crippen molar-refractivity contribution >= 4 is 27.3 Å². The minimum atomic E-state index is -3.88. The van der Waals surface area contributed by atoms with Gasteiger partial charge in [0.1, 0.15) is 5.75 Å².